The maximum absolute atomic E-state index is 13.9. The Hall–Kier alpha value is -4.75. The lowest BCUT2D eigenvalue weighted by atomic mass is 9.85. The van der Waals surface area contributed by atoms with Gasteiger partial charge in [0.05, 0.1) is 24.9 Å². The summed E-state index contributed by atoms with van der Waals surface area (Å²) in [6.07, 6.45) is -10.1. The third-order valence-electron chi connectivity index (χ3n) is 8.00. The van der Waals surface area contributed by atoms with Crippen molar-refractivity contribution >= 4 is 29.1 Å². The number of nitrogens with zero attached hydrogens (tertiary/aromatic N) is 3. The van der Waals surface area contributed by atoms with Crippen molar-refractivity contribution in [2.75, 3.05) is 43.6 Å². The van der Waals surface area contributed by atoms with Crippen LogP contribution in [0.1, 0.15) is 34.3 Å². The Bertz CT molecular complexity index is 1540. The van der Waals surface area contributed by atoms with E-state index < -0.39 is 46.4 Å². The first kappa shape index (κ1) is 31.7. The monoisotopic (exact) mass is 634 g/mol. The van der Waals surface area contributed by atoms with Gasteiger partial charge in [-0.25, -0.2) is 0 Å². The minimum absolute atomic E-state index is 0.0315. The number of nitrogens with one attached hydrogen (secondary N) is 1. The summed E-state index contributed by atoms with van der Waals surface area (Å²) < 4.78 is 85.5. The lowest BCUT2D eigenvalue weighted by Crippen LogP contribution is -2.57. The molecule has 238 valence electrons. The zero-order valence-electron chi connectivity index (χ0n) is 23.9. The van der Waals surface area contributed by atoms with E-state index in [4.69, 9.17) is 4.74 Å². The maximum atomic E-state index is 13.9. The van der Waals surface area contributed by atoms with Crippen LogP contribution in [-0.2, 0) is 21.9 Å². The number of anilines is 2. The molecule has 2 aliphatic heterocycles. The van der Waals surface area contributed by atoms with Gasteiger partial charge in [0, 0.05) is 30.0 Å². The number of para-hydroxylation sites is 1. The Kier molecular flexibility index (Phi) is 8.43. The summed E-state index contributed by atoms with van der Waals surface area (Å²) in [5, 5.41) is 2.74. The van der Waals surface area contributed by atoms with Gasteiger partial charge in [-0.15, -0.1) is 0 Å². The molecule has 2 heterocycles. The van der Waals surface area contributed by atoms with E-state index in [0.29, 0.717) is 29.3 Å². The van der Waals surface area contributed by atoms with E-state index in [9.17, 15) is 40.7 Å². The first-order valence-corrected chi connectivity index (χ1v) is 13.9. The second-order valence-corrected chi connectivity index (χ2v) is 10.8. The fraction of sp³-hybridized carbons (Fsp3) is 0.323. The van der Waals surface area contributed by atoms with Crippen LogP contribution in [0, 0.1) is 0 Å². The molecule has 0 bridgehead atoms. The van der Waals surface area contributed by atoms with E-state index in [1.165, 1.54) is 12.0 Å². The van der Waals surface area contributed by atoms with E-state index in [0.717, 1.165) is 4.90 Å². The molecule has 1 N–H and O–H groups in total. The van der Waals surface area contributed by atoms with Crippen molar-refractivity contribution in [3.05, 3.63) is 89.5 Å². The molecule has 45 heavy (non-hydrogen) atoms. The molecule has 0 saturated carbocycles. The number of ether oxygens (including phenoxy) is 1. The molecule has 0 atom stereocenters. The number of amides is 3. The van der Waals surface area contributed by atoms with Gasteiger partial charge in [-0.2, -0.15) is 26.3 Å². The van der Waals surface area contributed by atoms with Gasteiger partial charge in [0.15, 0.2) is 0 Å². The number of likely N-dealkylation sites (tertiary alicyclic amines) is 1. The van der Waals surface area contributed by atoms with E-state index in [1.807, 2.05) is 4.90 Å². The molecule has 2 saturated heterocycles. The zero-order chi connectivity index (χ0) is 32.6. The van der Waals surface area contributed by atoms with Crippen LogP contribution >= 0.6 is 0 Å². The van der Waals surface area contributed by atoms with Crippen LogP contribution in [0.25, 0.3) is 0 Å². The van der Waals surface area contributed by atoms with Crippen LogP contribution in [-0.4, -0.2) is 66.5 Å². The number of alkyl halides is 6. The largest absolute Gasteiger partial charge is 0.497 e. The topological polar surface area (TPSA) is 82.2 Å². The molecule has 3 aromatic carbocycles. The van der Waals surface area contributed by atoms with Crippen LogP contribution in [0.5, 0.6) is 5.75 Å². The van der Waals surface area contributed by atoms with Crippen molar-refractivity contribution in [3.8, 4) is 5.75 Å². The van der Waals surface area contributed by atoms with Crippen LogP contribution in [0.3, 0.4) is 0 Å². The summed E-state index contributed by atoms with van der Waals surface area (Å²) in [7, 11) is 1.51. The van der Waals surface area contributed by atoms with Gasteiger partial charge in [0.1, 0.15) is 17.8 Å². The van der Waals surface area contributed by atoms with E-state index in [-0.39, 0.29) is 51.1 Å². The van der Waals surface area contributed by atoms with Gasteiger partial charge in [-0.1, -0.05) is 18.2 Å². The molecule has 0 radical (unpaired) electrons. The van der Waals surface area contributed by atoms with Gasteiger partial charge in [0.25, 0.3) is 11.8 Å². The molecule has 8 nitrogen and oxygen atoms in total. The SMILES string of the molecule is COc1ccc(NC(=O)CN2CN(c3ccccc3)C3(CCN(C(=O)c4cc(C(F)(F)F)cc(C(F)(F)F)c4)CC3)C2=O)cc1. The number of hydrogen-bond donors (Lipinski definition) is 1. The minimum atomic E-state index is -5.10. The average Bonchev–Trinajstić information content (AvgIpc) is 3.26. The third kappa shape index (κ3) is 6.54. The highest BCUT2D eigenvalue weighted by atomic mass is 19.4. The first-order chi connectivity index (χ1) is 21.2. The zero-order valence-corrected chi connectivity index (χ0v) is 23.9. The molecule has 0 unspecified atom stereocenters. The summed E-state index contributed by atoms with van der Waals surface area (Å²) >= 11 is 0. The average molecular weight is 635 g/mol. The summed E-state index contributed by atoms with van der Waals surface area (Å²) in [6, 6.07) is 16.3. The van der Waals surface area contributed by atoms with Crippen molar-refractivity contribution in [3.63, 3.8) is 0 Å². The highest BCUT2D eigenvalue weighted by Crippen LogP contribution is 2.41. The van der Waals surface area contributed by atoms with Crippen molar-refractivity contribution in [2.45, 2.75) is 30.7 Å². The second-order valence-electron chi connectivity index (χ2n) is 10.8. The summed E-state index contributed by atoms with van der Waals surface area (Å²) in [4.78, 5) is 44.4. The number of rotatable bonds is 6. The Morgan fingerprint density at radius 3 is 1.98 bits per heavy atom. The second kappa shape index (κ2) is 12.0. The van der Waals surface area contributed by atoms with Crippen molar-refractivity contribution < 1.29 is 45.5 Å². The molecule has 3 aromatic rings. The highest BCUT2D eigenvalue weighted by molar-refractivity contribution is 6.00. The van der Waals surface area contributed by atoms with E-state index in [1.54, 1.807) is 54.6 Å². The molecule has 0 aliphatic carbocycles. The van der Waals surface area contributed by atoms with Crippen LogP contribution < -0.4 is 15.0 Å². The molecule has 2 aliphatic rings. The van der Waals surface area contributed by atoms with Crippen LogP contribution in [0.4, 0.5) is 37.7 Å². The fourth-order valence-corrected chi connectivity index (χ4v) is 5.71. The lowest BCUT2D eigenvalue weighted by Gasteiger charge is -2.43. The number of carbonyl (C=O) groups excluding carboxylic acids is 3. The molecule has 5 rings (SSSR count). The smallest absolute Gasteiger partial charge is 0.416 e. The summed E-state index contributed by atoms with van der Waals surface area (Å²) in [6.45, 7) is -0.451. The lowest BCUT2D eigenvalue weighted by molar-refractivity contribution is -0.143. The normalized spacial score (nSPS) is 16.7. The van der Waals surface area contributed by atoms with Gasteiger partial charge >= 0.3 is 12.4 Å². The molecule has 0 aromatic heterocycles. The van der Waals surface area contributed by atoms with Crippen molar-refractivity contribution in [1.29, 1.82) is 0 Å². The molecule has 14 heteroatoms. The number of halogens is 6. The fourth-order valence-electron chi connectivity index (χ4n) is 5.71. The third-order valence-corrected chi connectivity index (χ3v) is 8.00. The molecule has 3 amide bonds. The molecule has 1 spiro atoms. The first-order valence-electron chi connectivity index (χ1n) is 13.9. The maximum Gasteiger partial charge on any atom is 0.416 e. The Balaban J connectivity index is 1.36. The van der Waals surface area contributed by atoms with Crippen LogP contribution in [0.2, 0.25) is 0 Å². The number of benzene rings is 3. The van der Waals surface area contributed by atoms with Crippen molar-refractivity contribution in [2.24, 2.45) is 0 Å². The standard InChI is InChI=1S/C31H28F6N4O4/c1-45-25-9-7-23(8-10-25)38-26(42)18-40-19-41(24-5-3-2-4-6-24)29(28(40)44)11-13-39(14-12-29)27(43)20-15-21(30(32,33)34)17-22(16-20)31(35,36)37/h2-10,15-17H,11-14,18-19H2,1H3,(H,38,42). The predicted octanol–water partition coefficient (Wildman–Crippen LogP) is 5.65. The highest BCUT2D eigenvalue weighted by Gasteiger charge is 2.54. The predicted molar refractivity (Wildman–Crippen MR) is 151 cm³/mol. The van der Waals surface area contributed by atoms with Gasteiger partial charge in [0.2, 0.25) is 5.91 Å². The van der Waals surface area contributed by atoms with E-state index in [2.05, 4.69) is 5.32 Å². The van der Waals surface area contributed by atoms with E-state index >= 15 is 0 Å². The number of hydrogen-bond acceptors (Lipinski definition) is 5. The Labute approximate surface area is 254 Å². The number of piperidine rings is 1. The van der Waals surface area contributed by atoms with Crippen molar-refractivity contribution in [1.82, 2.24) is 9.80 Å². The Morgan fingerprint density at radius 1 is 0.867 bits per heavy atom. The molecule has 2 fully saturated rings. The number of methoxy groups -OCH3 is 1. The quantitative estimate of drug-likeness (QED) is 0.355. The van der Waals surface area contributed by atoms with Crippen LogP contribution in [0.15, 0.2) is 72.8 Å². The summed E-state index contributed by atoms with van der Waals surface area (Å²) in [5.41, 5.74) is -3.93. The van der Waals surface area contributed by atoms with Gasteiger partial charge in [-0.05, 0) is 67.4 Å². The summed E-state index contributed by atoms with van der Waals surface area (Å²) in [5.74, 6) is -1.23. The Morgan fingerprint density at radius 2 is 1.44 bits per heavy atom. The molecular formula is C31H28F6N4O4. The van der Waals surface area contributed by atoms with Gasteiger partial charge in [-0.3, -0.25) is 14.4 Å². The minimum Gasteiger partial charge on any atom is -0.497 e. The molecular weight excluding hydrogens is 606 g/mol. The number of carbonyl (C=O) groups is 3. The van der Waals surface area contributed by atoms with Gasteiger partial charge < -0.3 is 24.8 Å².